The van der Waals surface area contributed by atoms with Crippen LogP contribution in [-0.2, 0) is 16.4 Å². The van der Waals surface area contributed by atoms with E-state index in [-0.39, 0.29) is 6.04 Å². The molecule has 0 spiro atoms. The van der Waals surface area contributed by atoms with E-state index >= 15 is 0 Å². The highest BCUT2D eigenvalue weighted by Gasteiger charge is 2.34. The number of aryl methyl sites for hydroxylation is 1. The third kappa shape index (κ3) is 3.93. The van der Waals surface area contributed by atoms with Crippen molar-refractivity contribution in [1.82, 2.24) is 4.41 Å². The molecule has 27 heavy (non-hydrogen) atoms. The molecule has 2 aromatic carbocycles. The van der Waals surface area contributed by atoms with Crippen LogP contribution >= 0.6 is 0 Å². The highest BCUT2D eigenvalue weighted by atomic mass is 32.2. The van der Waals surface area contributed by atoms with Crippen LogP contribution in [0, 0.1) is 0 Å². The second-order valence-electron chi connectivity index (χ2n) is 6.47. The summed E-state index contributed by atoms with van der Waals surface area (Å²) in [5.41, 5.74) is 3.63. The first-order chi connectivity index (χ1) is 12.9. The molecule has 0 aromatic heterocycles. The molecule has 0 N–H and O–H groups in total. The van der Waals surface area contributed by atoms with Crippen LogP contribution in [0.3, 0.4) is 0 Å². The maximum absolute atomic E-state index is 12.3. The van der Waals surface area contributed by atoms with Gasteiger partial charge in [0.05, 0.1) is 32.2 Å². The van der Waals surface area contributed by atoms with Crippen LogP contribution in [0.4, 0.5) is 0 Å². The Morgan fingerprint density at radius 2 is 1.85 bits per heavy atom. The lowest BCUT2D eigenvalue weighted by atomic mass is 9.97. The minimum atomic E-state index is -3.50. The predicted octanol–water partition coefficient (Wildman–Crippen LogP) is 3.38. The van der Waals surface area contributed by atoms with Gasteiger partial charge in [0.1, 0.15) is 0 Å². The van der Waals surface area contributed by atoms with E-state index in [1.807, 2.05) is 30.3 Å². The summed E-state index contributed by atoms with van der Waals surface area (Å²) < 4.78 is 36.5. The molecule has 0 amide bonds. The van der Waals surface area contributed by atoms with Crippen LogP contribution in [0.15, 0.2) is 47.6 Å². The molecule has 7 heteroatoms. The maximum Gasteiger partial charge on any atom is 0.247 e. The van der Waals surface area contributed by atoms with E-state index in [0.29, 0.717) is 23.6 Å². The summed E-state index contributed by atoms with van der Waals surface area (Å²) in [6, 6.07) is 13.1. The second-order valence-corrected chi connectivity index (χ2v) is 8.31. The number of ether oxygens (including phenoxy) is 2. The Bertz CT molecular complexity index is 970. The molecular formula is C20H24N2O4S. The fourth-order valence-electron chi connectivity index (χ4n) is 3.25. The smallest absolute Gasteiger partial charge is 0.247 e. The molecular weight excluding hydrogens is 364 g/mol. The van der Waals surface area contributed by atoms with Crippen LogP contribution in [0.1, 0.15) is 36.1 Å². The predicted molar refractivity (Wildman–Crippen MR) is 106 cm³/mol. The average molecular weight is 388 g/mol. The summed E-state index contributed by atoms with van der Waals surface area (Å²) in [5.74, 6) is 1.20. The zero-order chi connectivity index (χ0) is 19.6. The van der Waals surface area contributed by atoms with Gasteiger partial charge in [-0.2, -0.15) is 9.52 Å². The molecule has 1 aliphatic heterocycles. The topological polar surface area (TPSA) is 68.2 Å². The molecule has 1 aliphatic rings. The quantitative estimate of drug-likeness (QED) is 0.761. The van der Waals surface area contributed by atoms with Gasteiger partial charge in [-0.05, 0) is 35.7 Å². The van der Waals surface area contributed by atoms with Crippen molar-refractivity contribution in [2.24, 2.45) is 5.10 Å². The number of hydrazone groups is 1. The third-order valence-corrected chi connectivity index (χ3v) is 5.69. The van der Waals surface area contributed by atoms with Crippen molar-refractivity contribution in [2.45, 2.75) is 25.8 Å². The van der Waals surface area contributed by atoms with Crippen LogP contribution in [0.25, 0.3) is 0 Å². The summed E-state index contributed by atoms with van der Waals surface area (Å²) in [5, 5.41) is 4.44. The molecule has 3 rings (SSSR count). The fraction of sp³-hybridized carbons (Fsp3) is 0.350. The molecule has 0 fully saturated rings. The molecule has 0 aliphatic carbocycles. The number of rotatable bonds is 6. The molecule has 0 bridgehead atoms. The highest BCUT2D eigenvalue weighted by Crippen LogP contribution is 2.36. The number of benzene rings is 2. The van der Waals surface area contributed by atoms with E-state index in [1.54, 1.807) is 20.3 Å². The number of sulfonamides is 1. The first-order valence-electron chi connectivity index (χ1n) is 8.75. The Kier molecular flexibility index (Phi) is 5.41. The van der Waals surface area contributed by atoms with Gasteiger partial charge in [0.15, 0.2) is 11.5 Å². The first-order valence-corrected chi connectivity index (χ1v) is 10.6. The molecule has 0 radical (unpaired) electrons. The maximum atomic E-state index is 12.3. The van der Waals surface area contributed by atoms with Gasteiger partial charge in [0, 0.05) is 12.0 Å². The van der Waals surface area contributed by atoms with Gasteiger partial charge in [-0.15, -0.1) is 0 Å². The molecule has 0 saturated carbocycles. The number of nitrogens with zero attached hydrogens (tertiary/aromatic N) is 2. The number of methoxy groups -OCH3 is 2. The van der Waals surface area contributed by atoms with E-state index in [2.05, 4.69) is 18.1 Å². The van der Waals surface area contributed by atoms with E-state index in [1.165, 1.54) is 16.2 Å². The molecule has 2 aromatic rings. The zero-order valence-corrected chi connectivity index (χ0v) is 16.8. The van der Waals surface area contributed by atoms with Crippen LogP contribution in [0.2, 0.25) is 0 Å². The zero-order valence-electron chi connectivity index (χ0n) is 16.0. The molecule has 0 saturated heterocycles. The standard InChI is InChI=1S/C20H24N2O4S/c1-5-14-7-6-8-16(11-14)18-13-17(21-22(18)27(4,23)24)15-9-10-19(25-2)20(12-15)26-3/h6-12,18H,5,13H2,1-4H3. The van der Waals surface area contributed by atoms with Crippen molar-refractivity contribution >= 4 is 15.7 Å². The average Bonchev–Trinajstić information content (AvgIpc) is 3.13. The van der Waals surface area contributed by atoms with E-state index < -0.39 is 10.0 Å². The van der Waals surface area contributed by atoms with Gasteiger partial charge in [-0.25, -0.2) is 8.42 Å². The van der Waals surface area contributed by atoms with Crippen LogP contribution in [-0.4, -0.2) is 39.0 Å². The molecule has 1 heterocycles. The Hall–Kier alpha value is -2.54. The van der Waals surface area contributed by atoms with Crippen molar-refractivity contribution < 1.29 is 17.9 Å². The Morgan fingerprint density at radius 3 is 2.48 bits per heavy atom. The van der Waals surface area contributed by atoms with Crippen LogP contribution < -0.4 is 9.47 Å². The minimum Gasteiger partial charge on any atom is -0.493 e. The molecule has 6 nitrogen and oxygen atoms in total. The minimum absolute atomic E-state index is 0.352. The third-order valence-electron chi connectivity index (χ3n) is 4.67. The van der Waals surface area contributed by atoms with E-state index in [0.717, 1.165) is 17.5 Å². The molecule has 1 atom stereocenters. The van der Waals surface area contributed by atoms with Crippen molar-refractivity contribution in [3.8, 4) is 11.5 Å². The number of hydrogen-bond acceptors (Lipinski definition) is 5. The van der Waals surface area contributed by atoms with E-state index in [9.17, 15) is 8.42 Å². The number of hydrogen-bond donors (Lipinski definition) is 0. The van der Waals surface area contributed by atoms with Crippen LogP contribution in [0.5, 0.6) is 11.5 Å². The van der Waals surface area contributed by atoms with Gasteiger partial charge >= 0.3 is 0 Å². The summed E-state index contributed by atoms with van der Waals surface area (Å²) in [6.07, 6.45) is 2.57. The molecule has 144 valence electrons. The normalized spacial score (nSPS) is 17.0. The Morgan fingerprint density at radius 1 is 1.11 bits per heavy atom. The lowest BCUT2D eigenvalue weighted by molar-refractivity contribution is 0.355. The van der Waals surface area contributed by atoms with Gasteiger partial charge in [-0.1, -0.05) is 31.2 Å². The summed E-state index contributed by atoms with van der Waals surface area (Å²) in [4.78, 5) is 0. The largest absolute Gasteiger partial charge is 0.493 e. The van der Waals surface area contributed by atoms with Crippen molar-refractivity contribution in [3.63, 3.8) is 0 Å². The monoisotopic (exact) mass is 388 g/mol. The fourth-order valence-corrected chi connectivity index (χ4v) is 4.16. The van der Waals surface area contributed by atoms with Crippen molar-refractivity contribution in [3.05, 3.63) is 59.2 Å². The Balaban J connectivity index is 2.01. The summed E-state index contributed by atoms with van der Waals surface area (Å²) in [6.45, 7) is 2.08. The SMILES string of the molecule is CCc1cccc(C2CC(c3ccc(OC)c(OC)c3)=NN2S(C)(=O)=O)c1. The van der Waals surface area contributed by atoms with Crippen molar-refractivity contribution in [2.75, 3.05) is 20.5 Å². The van der Waals surface area contributed by atoms with Gasteiger partial charge in [0.2, 0.25) is 10.0 Å². The van der Waals surface area contributed by atoms with Gasteiger partial charge in [0.25, 0.3) is 0 Å². The van der Waals surface area contributed by atoms with Gasteiger partial charge in [-0.3, -0.25) is 0 Å². The summed E-state index contributed by atoms with van der Waals surface area (Å²) >= 11 is 0. The van der Waals surface area contributed by atoms with Crippen molar-refractivity contribution in [1.29, 1.82) is 0 Å². The van der Waals surface area contributed by atoms with E-state index in [4.69, 9.17) is 9.47 Å². The second kappa shape index (κ2) is 7.60. The summed E-state index contributed by atoms with van der Waals surface area (Å²) in [7, 11) is -0.353. The lowest BCUT2D eigenvalue weighted by Crippen LogP contribution is -2.26. The molecule has 1 unspecified atom stereocenters. The highest BCUT2D eigenvalue weighted by molar-refractivity contribution is 7.88. The first kappa shape index (κ1) is 19.2. The lowest BCUT2D eigenvalue weighted by Gasteiger charge is -2.21. The van der Waals surface area contributed by atoms with Gasteiger partial charge < -0.3 is 9.47 Å². The Labute approximate surface area is 160 Å².